The van der Waals surface area contributed by atoms with Gasteiger partial charge in [0.05, 0.1) is 26.5 Å². The van der Waals surface area contributed by atoms with Gasteiger partial charge in [0.2, 0.25) is 0 Å². The van der Waals surface area contributed by atoms with Crippen molar-refractivity contribution < 1.29 is 14.3 Å². The van der Waals surface area contributed by atoms with Gasteiger partial charge in [-0.15, -0.1) is 0 Å². The summed E-state index contributed by atoms with van der Waals surface area (Å²) in [4.78, 5) is 12.0. The number of methoxy groups -OCH3 is 2. The topological polar surface area (TPSA) is 35.5 Å². The maximum atomic E-state index is 12.0. The van der Waals surface area contributed by atoms with Crippen molar-refractivity contribution in [3.63, 3.8) is 0 Å². The number of ether oxygens (including phenoxy) is 2. The van der Waals surface area contributed by atoms with Crippen LogP contribution in [0.4, 0.5) is 0 Å². The highest BCUT2D eigenvalue weighted by molar-refractivity contribution is 7.95. The zero-order valence-electron chi connectivity index (χ0n) is 19.4. The fourth-order valence-corrected chi connectivity index (χ4v) is 8.61. The monoisotopic (exact) mass is 467 g/mol. The normalized spacial score (nSPS) is 11.6. The highest BCUT2D eigenvalue weighted by Gasteiger charge is 2.45. The number of esters is 1. The van der Waals surface area contributed by atoms with E-state index in [-0.39, 0.29) is 0 Å². The lowest BCUT2D eigenvalue weighted by Gasteiger charge is -2.28. The molecule has 0 N–H and O–H groups in total. The molecule has 0 heterocycles. The number of rotatable bonds is 8. The first-order chi connectivity index (χ1) is 16.7. The summed E-state index contributed by atoms with van der Waals surface area (Å²) >= 11 is 0. The quantitative estimate of drug-likeness (QED) is 0.152. The summed E-state index contributed by atoms with van der Waals surface area (Å²) in [6.45, 7) is 0. The van der Waals surface area contributed by atoms with Crippen molar-refractivity contribution in [2.24, 2.45) is 0 Å². The Morgan fingerprint density at radius 2 is 1.09 bits per heavy atom. The van der Waals surface area contributed by atoms with Gasteiger partial charge in [-0.05, 0) is 36.4 Å². The highest BCUT2D eigenvalue weighted by Crippen LogP contribution is 2.58. The minimum atomic E-state index is -2.09. The Morgan fingerprint density at radius 1 is 0.647 bits per heavy atom. The van der Waals surface area contributed by atoms with Crippen LogP contribution in [-0.4, -0.2) is 20.2 Å². The maximum Gasteiger partial charge on any atom is 0.334 e. The third-order valence-corrected chi connectivity index (χ3v) is 10.3. The van der Waals surface area contributed by atoms with Crippen molar-refractivity contribution in [2.75, 3.05) is 14.2 Å². The largest absolute Gasteiger partial charge is 0.496 e. The minimum Gasteiger partial charge on any atom is -0.496 e. The summed E-state index contributed by atoms with van der Waals surface area (Å²) in [5.41, 5.74) is 2.01. The molecule has 4 heteroatoms. The van der Waals surface area contributed by atoms with Crippen LogP contribution in [0.2, 0.25) is 0 Å². The highest BCUT2D eigenvalue weighted by atomic mass is 31.2. The molecule has 0 amide bonds. The summed E-state index contributed by atoms with van der Waals surface area (Å²) < 4.78 is 10.5. The van der Waals surface area contributed by atoms with E-state index in [1.807, 2.05) is 18.2 Å². The van der Waals surface area contributed by atoms with Gasteiger partial charge in [0.1, 0.15) is 28.9 Å². The fraction of sp³-hybridized carbons (Fsp3) is 0.100. The molecule has 0 aliphatic carbocycles. The Kier molecular flexibility index (Phi) is 7.57. The van der Waals surface area contributed by atoms with E-state index in [2.05, 4.69) is 97.1 Å². The van der Waals surface area contributed by atoms with Crippen LogP contribution in [0.15, 0.2) is 121 Å². The second-order valence-corrected chi connectivity index (χ2v) is 11.4. The molecule has 0 aliphatic rings. The molecule has 170 valence electrons. The van der Waals surface area contributed by atoms with Crippen molar-refractivity contribution in [1.29, 1.82) is 0 Å². The number of carbonyl (C=O) groups is 1. The van der Waals surface area contributed by atoms with Crippen LogP contribution in [0.5, 0.6) is 0 Å². The van der Waals surface area contributed by atoms with Crippen molar-refractivity contribution in [3.05, 3.63) is 132 Å². The molecule has 0 aromatic heterocycles. The van der Waals surface area contributed by atoms with E-state index in [0.717, 1.165) is 17.3 Å². The minimum absolute atomic E-state index is 0.443. The lowest BCUT2D eigenvalue weighted by Crippen LogP contribution is -2.32. The van der Waals surface area contributed by atoms with E-state index in [4.69, 9.17) is 9.47 Å². The number of hydrogen-bond acceptors (Lipinski definition) is 3. The van der Waals surface area contributed by atoms with E-state index in [9.17, 15) is 4.79 Å². The van der Waals surface area contributed by atoms with Gasteiger partial charge in [0, 0.05) is 11.1 Å². The molecule has 0 unspecified atom stereocenters. The lowest BCUT2D eigenvalue weighted by molar-refractivity contribution is -0.134. The van der Waals surface area contributed by atoms with E-state index >= 15 is 0 Å². The second-order valence-electron chi connectivity index (χ2n) is 7.87. The van der Waals surface area contributed by atoms with Gasteiger partial charge in [-0.25, -0.2) is 4.79 Å². The molecule has 0 bridgehead atoms. The van der Waals surface area contributed by atoms with Gasteiger partial charge in [-0.3, -0.25) is 0 Å². The molecule has 0 fully saturated rings. The van der Waals surface area contributed by atoms with Gasteiger partial charge >= 0.3 is 5.97 Å². The molecule has 0 radical (unpaired) electrons. The SMILES string of the molecule is COC(=O)/C=C(/OC)c1ccccc1C[P+](c1ccccc1)(c1ccccc1)c1ccccc1. The molecular weight excluding hydrogens is 439 g/mol. The van der Waals surface area contributed by atoms with Crippen molar-refractivity contribution >= 4 is 34.9 Å². The van der Waals surface area contributed by atoms with Crippen LogP contribution in [0.3, 0.4) is 0 Å². The average Bonchev–Trinajstić information content (AvgIpc) is 2.92. The first kappa shape index (κ1) is 23.5. The van der Waals surface area contributed by atoms with Crippen LogP contribution in [0.1, 0.15) is 11.1 Å². The molecule has 4 aromatic carbocycles. The fourth-order valence-electron chi connectivity index (χ4n) is 4.34. The standard InChI is InChI=1S/C30H28O3P/c1-32-29(22-30(31)33-2)28-21-13-12-14-24(28)23-34(25-15-6-3-7-16-25,26-17-8-4-9-18-26)27-19-10-5-11-20-27/h3-22H,23H2,1-2H3/q+1/b29-22+. The summed E-state index contributed by atoms with van der Waals surface area (Å²) in [6, 6.07) is 40.4. The molecule has 3 nitrogen and oxygen atoms in total. The molecule has 4 aromatic rings. The van der Waals surface area contributed by atoms with Gasteiger partial charge < -0.3 is 9.47 Å². The number of benzene rings is 4. The number of carbonyl (C=O) groups excluding carboxylic acids is 1. The first-order valence-corrected chi connectivity index (χ1v) is 13.1. The van der Waals surface area contributed by atoms with Gasteiger partial charge in [-0.2, -0.15) is 0 Å². The molecule has 0 atom stereocenters. The third kappa shape index (κ3) is 4.81. The molecule has 0 spiro atoms. The number of hydrogen-bond donors (Lipinski definition) is 0. The first-order valence-electron chi connectivity index (χ1n) is 11.2. The molecule has 0 aliphatic heterocycles. The Hall–Kier alpha value is -3.68. The van der Waals surface area contributed by atoms with Gasteiger partial charge in [0.15, 0.2) is 0 Å². The van der Waals surface area contributed by atoms with Crippen LogP contribution in [0, 0.1) is 0 Å². The van der Waals surface area contributed by atoms with Crippen LogP contribution < -0.4 is 15.9 Å². The molecule has 0 saturated carbocycles. The summed E-state index contributed by atoms with van der Waals surface area (Å²) in [7, 11) is 0.860. The van der Waals surface area contributed by atoms with Gasteiger partial charge in [0.25, 0.3) is 0 Å². The Balaban J connectivity index is 1.98. The maximum absolute atomic E-state index is 12.0. The molecule has 0 saturated heterocycles. The smallest absolute Gasteiger partial charge is 0.334 e. The lowest BCUT2D eigenvalue weighted by atomic mass is 10.1. The molecule has 4 rings (SSSR count). The van der Waals surface area contributed by atoms with Crippen molar-refractivity contribution in [2.45, 2.75) is 6.16 Å². The predicted octanol–water partition coefficient (Wildman–Crippen LogP) is 5.34. The van der Waals surface area contributed by atoms with Crippen LogP contribution >= 0.6 is 7.26 Å². The van der Waals surface area contributed by atoms with E-state index < -0.39 is 13.2 Å². The Bertz CT molecular complexity index is 1160. The van der Waals surface area contributed by atoms with E-state index in [1.165, 1.54) is 29.1 Å². The van der Waals surface area contributed by atoms with Crippen LogP contribution in [0.25, 0.3) is 5.76 Å². The Morgan fingerprint density at radius 3 is 1.53 bits per heavy atom. The van der Waals surface area contributed by atoms with Gasteiger partial charge in [-0.1, -0.05) is 78.9 Å². The van der Waals surface area contributed by atoms with Crippen LogP contribution in [-0.2, 0) is 20.4 Å². The van der Waals surface area contributed by atoms with E-state index in [1.54, 1.807) is 7.11 Å². The third-order valence-electron chi connectivity index (χ3n) is 5.95. The summed E-state index contributed by atoms with van der Waals surface area (Å²) in [5, 5.41) is 3.91. The zero-order valence-corrected chi connectivity index (χ0v) is 20.3. The zero-order chi connectivity index (χ0) is 23.8. The Labute approximate surface area is 202 Å². The predicted molar refractivity (Wildman–Crippen MR) is 142 cm³/mol. The van der Waals surface area contributed by atoms with Crippen molar-refractivity contribution in [1.82, 2.24) is 0 Å². The molecule has 34 heavy (non-hydrogen) atoms. The van der Waals surface area contributed by atoms with Crippen molar-refractivity contribution in [3.8, 4) is 0 Å². The summed E-state index contributed by atoms with van der Waals surface area (Å²) in [6.07, 6.45) is 2.19. The average molecular weight is 468 g/mol. The second kappa shape index (κ2) is 11.0. The summed E-state index contributed by atoms with van der Waals surface area (Å²) in [5.74, 6) is 0.0524. The molecular formula is C30H28O3P+. The van der Waals surface area contributed by atoms with E-state index in [0.29, 0.717) is 5.76 Å².